The zero-order valence-electron chi connectivity index (χ0n) is 12.3. The Labute approximate surface area is 124 Å². The highest BCUT2D eigenvalue weighted by Gasteiger charge is 2.13. The second kappa shape index (κ2) is 7.75. The first kappa shape index (κ1) is 15.5. The van der Waals surface area contributed by atoms with E-state index in [1.54, 1.807) is 31.2 Å². The minimum Gasteiger partial charge on any atom is -0.326 e. The molecule has 1 aliphatic rings. The number of rotatable bonds is 5. The maximum Gasteiger partial charge on any atom is 0.238 e. The third-order valence-electron chi connectivity index (χ3n) is 3.35. The molecule has 0 bridgehead atoms. The minimum atomic E-state index is -0.0227. The first-order valence-electron chi connectivity index (χ1n) is 7.30. The molecule has 0 aliphatic carbocycles. The first-order valence-corrected chi connectivity index (χ1v) is 7.30. The Kier molecular flexibility index (Phi) is 5.71. The number of nitrogens with zero attached hydrogens (tertiary/aromatic N) is 1. The Morgan fingerprint density at radius 3 is 2.10 bits per heavy atom. The summed E-state index contributed by atoms with van der Waals surface area (Å²) in [7, 11) is 0. The number of nitrogens with one attached hydrogen (secondary N) is 3. The fourth-order valence-corrected chi connectivity index (χ4v) is 2.16. The number of amides is 2. The van der Waals surface area contributed by atoms with Crippen LogP contribution in [0.5, 0.6) is 0 Å². The van der Waals surface area contributed by atoms with Gasteiger partial charge < -0.3 is 16.0 Å². The summed E-state index contributed by atoms with van der Waals surface area (Å²) >= 11 is 0. The molecule has 0 saturated carbocycles. The summed E-state index contributed by atoms with van der Waals surface area (Å²) in [6, 6.07) is 7.16. The monoisotopic (exact) mass is 290 g/mol. The molecule has 0 spiro atoms. The number of anilines is 2. The SMILES string of the molecule is CCC(=O)Nc1ccc(NC(=O)CN2CCNCC2)cc1. The normalized spacial score (nSPS) is 15.5. The number of hydrogen-bond donors (Lipinski definition) is 3. The van der Waals surface area contributed by atoms with Crippen molar-refractivity contribution in [1.82, 2.24) is 10.2 Å². The van der Waals surface area contributed by atoms with Gasteiger partial charge in [0.25, 0.3) is 0 Å². The highest BCUT2D eigenvalue weighted by atomic mass is 16.2. The molecule has 1 aromatic carbocycles. The molecule has 1 aliphatic heterocycles. The lowest BCUT2D eigenvalue weighted by atomic mass is 10.2. The largest absolute Gasteiger partial charge is 0.326 e. The minimum absolute atomic E-state index is 0.0118. The molecule has 3 N–H and O–H groups in total. The third kappa shape index (κ3) is 5.17. The van der Waals surface area contributed by atoms with Crippen molar-refractivity contribution in [2.75, 3.05) is 43.4 Å². The number of piperazine rings is 1. The molecule has 114 valence electrons. The van der Waals surface area contributed by atoms with Gasteiger partial charge in [0.1, 0.15) is 0 Å². The van der Waals surface area contributed by atoms with Gasteiger partial charge in [-0.3, -0.25) is 14.5 Å². The van der Waals surface area contributed by atoms with Crippen LogP contribution in [0.3, 0.4) is 0 Å². The van der Waals surface area contributed by atoms with Gasteiger partial charge in [-0.1, -0.05) is 6.92 Å². The Bertz CT molecular complexity index is 481. The number of carbonyl (C=O) groups is 2. The van der Waals surface area contributed by atoms with Gasteiger partial charge in [0.15, 0.2) is 0 Å². The van der Waals surface area contributed by atoms with Crippen LogP contribution < -0.4 is 16.0 Å². The van der Waals surface area contributed by atoms with Crippen molar-refractivity contribution < 1.29 is 9.59 Å². The second-order valence-corrected chi connectivity index (χ2v) is 5.05. The maximum absolute atomic E-state index is 11.9. The van der Waals surface area contributed by atoms with Crippen molar-refractivity contribution >= 4 is 23.2 Å². The smallest absolute Gasteiger partial charge is 0.238 e. The van der Waals surface area contributed by atoms with E-state index < -0.39 is 0 Å². The summed E-state index contributed by atoms with van der Waals surface area (Å²) in [5.74, 6) is -0.0345. The van der Waals surface area contributed by atoms with E-state index in [0.29, 0.717) is 13.0 Å². The summed E-state index contributed by atoms with van der Waals surface area (Å²) < 4.78 is 0. The molecule has 6 nitrogen and oxygen atoms in total. The van der Waals surface area contributed by atoms with Crippen LogP contribution in [0.4, 0.5) is 11.4 Å². The lowest BCUT2D eigenvalue weighted by Crippen LogP contribution is -2.46. The zero-order valence-corrected chi connectivity index (χ0v) is 12.3. The van der Waals surface area contributed by atoms with Gasteiger partial charge in [-0.25, -0.2) is 0 Å². The van der Waals surface area contributed by atoms with Crippen molar-refractivity contribution in [1.29, 1.82) is 0 Å². The highest BCUT2D eigenvalue weighted by Crippen LogP contribution is 2.13. The second-order valence-electron chi connectivity index (χ2n) is 5.05. The van der Waals surface area contributed by atoms with E-state index in [9.17, 15) is 9.59 Å². The van der Waals surface area contributed by atoms with Gasteiger partial charge >= 0.3 is 0 Å². The van der Waals surface area contributed by atoms with Gasteiger partial charge in [-0.15, -0.1) is 0 Å². The lowest BCUT2D eigenvalue weighted by molar-refractivity contribution is -0.117. The van der Waals surface area contributed by atoms with Crippen LogP contribution >= 0.6 is 0 Å². The Morgan fingerprint density at radius 2 is 1.57 bits per heavy atom. The molecule has 0 unspecified atom stereocenters. The molecule has 1 aromatic rings. The van der Waals surface area contributed by atoms with Crippen molar-refractivity contribution in [3.05, 3.63) is 24.3 Å². The van der Waals surface area contributed by atoms with E-state index in [-0.39, 0.29) is 11.8 Å². The van der Waals surface area contributed by atoms with E-state index in [4.69, 9.17) is 0 Å². The van der Waals surface area contributed by atoms with E-state index in [0.717, 1.165) is 37.6 Å². The van der Waals surface area contributed by atoms with Gasteiger partial charge in [0.2, 0.25) is 11.8 Å². The summed E-state index contributed by atoms with van der Waals surface area (Å²) in [6.45, 7) is 5.87. The summed E-state index contributed by atoms with van der Waals surface area (Å²) in [4.78, 5) is 25.3. The van der Waals surface area contributed by atoms with E-state index >= 15 is 0 Å². The average Bonchev–Trinajstić information content (AvgIpc) is 2.50. The molecule has 1 heterocycles. The molecule has 21 heavy (non-hydrogen) atoms. The van der Waals surface area contributed by atoms with Crippen LogP contribution in [-0.4, -0.2) is 49.4 Å². The summed E-state index contributed by atoms with van der Waals surface area (Å²) in [5.41, 5.74) is 1.48. The lowest BCUT2D eigenvalue weighted by Gasteiger charge is -2.26. The Balaban J connectivity index is 1.81. The third-order valence-corrected chi connectivity index (χ3v) is 3.35. The predicted octanol–water partition coefficient (Wildman–Crippen LogP) is 0.879. The van der Waals surface area contributed by atoms with Crippen LogP contribution in [0.2, 0.25) is 0 Å². The number of benzene rings is 1. The molecule has 0 atom stereocenters. The quantitative estimate of drug-likeness (QED) is 0.752. The molecule has 1 saturated heterocycles. The Hall–Kier alpha value is -1.92. The fraction of sp³-hybridized carbons (Fsp3) is 0.467. The van der Waals surface area contributed by atoms with E-state index in [1.165, 1.54) is 0 Å². The molecule has 0 aromatic heterocycles. The van der Waals surface area contributed by atoms with E-state index in [2.05, 4.69) is 20.9 Å². The van der Waals surface area contributed by atoms with Crippen LogP contribution in [0, 0.1) is 0 Å². The molecule has 2 rings (SSSR count). The summed E-state index contributed by atoms with van der Waals surface area (Å²) in [5, 5.41) is 8.90. The molecule has 2 amide bonds. The molecule has 6 heteroatoms. The van der Waals surface area contributed by atoms with Crippen molar-refractivity contribution in [3.8, 4) is 0 Å². The average molecular weight is 290 g/mol. The van der Waals surface area contributed by atoms with Crippen LogP contribution in [0.25, 0.3) is 0 Å². The van der Waals surface area contributed by atoms with Crippen molar-refractivity contribution in [2.45, 2.75) is 13.3 Å². The molecule has 0 radical (unpaired) electrons. The standard InChI is InChI=1S/C15H22N4O2/c1-2-14(20)17-12-3-5-13(6-4-12)18-15(21)11-19-9-7-16-8-10-19/h3-6,16H,2,7-11H2,1H3,(H,17,20)(H,18,21). The highest BCUT2D eigenvalue weighted by molar-refractivity contribution is 5.93. The van der Waals surface area contributed by atoms with Gasteiger partial charge in [-0.2, -0.15) is 0 Å². The Morgan fingerprint density at radius 1 is 1.05 bits per heavy atom. The van der Waals surface area contributed by atoms with Gasteiger partial charge in [-0.05, 0) is 24.3 Å². The van der Waals surface area contributed by atoms with Crippen molar-refractivity contribution in [3.63, 3.8) is 0 Å². The zero-order chi connectivity index (χ0) is 15.1. The number of carbonyl (C=O) groups excluding carboxylic acids is 2. The van der Waals surface area contributed by atoms with Gasteiger partial charge in [0.05, 0.1) is 6.54 Å². The van der Waals surface area contributed by atoms with Crippen LogP contribution in [0.15, 0.2) is 24.3 Å². The topological polar surface area (TPSA) is 73.5 Å². The summed E-state index contributed by atoms with van der Waals surface area (Å²) in [6.07, 6.45) is 0.448. The first-order chi connectivity index (χ1) is 10.2. The van der Waals surface area contributed by atoms with Crippen LogP contribution in [-0.2, 0) is 9.59 Å². The van der Waals surface area contributed by atoms with Gasteiger partial charge in [0, 0.05) is 44.0 Å². The van der Waals surface area contributed by atoms with Crippen LogP contribution in [0.1, 0.15) is 13.3 Å². The predicted molar refractivity (Wildman–Crippen MR) is 83.3 cm³/mol. The number of hydrogen-bond acceptors (Lipinski definition) is 4. The molecule has 1 fully saturated rings. The molecular formula is C15H22N4O2. The maximum atomic E-state index is 11.9. The van der Waals surface area contributed by atoms with E-state index in [1.807, 2.05) is 0 Å². The fourth-order valence-electron chi connectivity index (χ4n) is 2.16. The molecular weight excluding hydrogens is 268 g/mol. The van der Waals surface area contributed by atoms with Crippen molar-refractivity contribution in [2.24, 2.45) is 0 Å².